The number of benzene rings is 2. The van der Waals surface area contributed by atoms with E-state index in [1.807, 2.05) is 43.3 Å². The van der Waals surface area contributed by atoms with Crippen LogP contribution >= 0.6 is 0 Å². The Balaban J connectivity index is 2.00. The van der Waals surface area contributed by atoms with Crippen molar-refractivity contribution in [2.24, 2.45) is 0 Å². The second kappa shape index (κ2) is 6.77. The molecule has 0 bridgehead atoms. The molecule has 1 heterocycles. The average Bonchev–Trinajstić information content (AvgIpc) is 3.05. The molecule has 2 aromatic carbocycles. The summed E-state index contributed by atoms with van der Waals surface area (Å²) in [5.41, 5.74) is 2.66. The molecule has 2 aromatic rings. The second-order valence-electron chi connectivity index (χ2n) is 6.70. The van der Waals surface area contributed by atoms with Crippen LogP contribution in [0.3, 0.4) is 0 Å². The van der Waals surface area contributed by atoms with Gasteiger partial charge in [-0.25, -0.2) is 12.8 Å². The molecular formula is C19H23FN2O2S. The second-order valence-corrected chi connectivity index (χ2v) is 8.56. The van der Waals surface area contributed by atoms with Crippen LogP contribution in [0, 0.1) is 12.7 Å². The van der Waals surface area contributed by atoms with E-state index in [1.165, 1.54) is 16.4 Å². The Morgan fingerprint density at radius 1 is 1.16 bits per heavy atom. The summed E-state index contributed by atoms with van der Waals surface area (Å²) in [6, 6.07) is 11.9. The van der Waals surface area contributed by atoms with Gasteiger partial charge in [-0.05, 0) is 55.2 Å². The first-order valence-electron chi connectivity index (χ1n) is 8.36. The Bertz CT molecular complexity index is 881. The fourth-order valence-electron chi connectivity index (χ4n) is 3.31. The third-order valence-electron chi connectivity index (χ3n) is 4.65. The van der Waals surface area contributed by atoms with Crippen LogP contribution < -0.4 is 4.90 Å². The Morgan fingerprint density at radius 3 is 2.60 bits per heavy atom. The summed E-state index contributed by atoms with van der Waals surface area (Å²) >= 11 is 0. The van der Waals surface area contributed by atoms with Crippen molar-refractivity contribution < 1.29 is 12.8 Å². The molecule has 0 radical (unpaired) electrons. The predicted molar refractivity (Wildman–Crippen MR) is 97.8 cm³/mol. The van der Waals surface area contributed by atoms with Gasteiger partial charge in [0.15, 0.2) is 0 Å². The van der Waals surface area contributed by atoms with Crippen molar-refractivity contribution in [3.05, 3.63) is 59.4 Å². The van der Waals surface area contributed by atoms with Crippen LogP contribution in [0.25, 0.3) is 0 Å². The van der Waals surface area contributed by atoms with E-state index in [-0.39, 0.29) is 10.9 Å². The van der Waals surface area contributed by atoms with Crippen LogP contribution in [0.2, 0.25) is 0 Å². The zero-order valence-electron chi connectivity index (χ0n) is 14.7. The molecule has 0 amide bonds. The predicted octanol–water partition coefficient (Wildman–Crippen LogP) is 3.73. The molecule has 0 spiro atoms. The van der Waals surface area contributed by atoms with Crippen molar-refractivity contribution in [3.63, 3.8) is 0 Å². The monoisotopic (exact) mass is 362 g/mol. The van der Waals surface area contributed by atoms with E-state index < -0.39 is 15.8 Å². The van der Waals surface area contributed by atoms with Gasteiger partial charge in [0.25, 0.3) is 0 Å². The van der Waals surface area contributed by atoms with E-state index in [9.17, 15) is 12.8 Å². The topological polar surface area (TPSA) is 40.6 Å². The van der Waals surface area contributed by atoms with Crippen molar-refractivity contribution in [2.75, 3.05) is 25.5 Å². The molecular weight excluding hydrogens is 339 g/mol. The highest BCUT2D eigenvalue weighted by atomic mass is 32.2. The number of anilines is 1. The van der Waals surface area contributed by atoms with Crippen LogP contribution in [0.4, 0.5) is 10.1 Å². The summed E-state index contributed by atoms with van der Waals surface area (Å²) < 4.78 is 41.8. The Kier molecular flexibility index (Phi) is 4.84. The fourth-order valence-corrected chi connectivity index (χ4v) is 5.04. The highest BCUT2D eigenvalue weighted by molar-refractivity contribution is 7.89. The summed E-state index contributed by atoms with van der Waals surface area (Å²) in [5.74, 6) is -0.687. The molecule has 0 aliphatic carbocycles. The molecule has 1 aliphatic heterocycles. The molecule has 0 saturated carbocycles. The molecule has 1 unspecified atom stereocenters. The first kappa shape index (κ1) is 17.9. The number of sulfonamides is 1. The maximum absolute atomic E-state index is 14.3. The lowest BCUT2D eigenvalue weighted by atomic mass is 10.0. The number of nitrogens with zero attached hydrogens (tertiary/aromatic N) is 2. The van der Waals surface area contributed by atoms with Gasteiger partial charge in [0, 0.05) is 26.3 Å². The summed E-state index contributed by atoms with van der Waals surface area (Å²) in [6.45, 7) is 2.15. The first-order valence-corrected chi connectivity index (χ1v) is 9.80. The minimum absolute atomic E-state index is 0.242. The van der Waals surface area contributed by atoms with Gasteiger partial charge < -0.3 is 4.90 Å². The summed E-state index contributed by atoms with van der Waals surface area (Å²) in [6.07, 6.45) is 1.51. The van der Waals surface area contributed by atoms with Crippen molar-refractivity contribution in [3.8, 4) is 0 Å². The number of rotatable bonds is 4. The van der Waals surface area contributed by atoms with Gasteiger partial charge in [0.2, 0.25) is 10.0 Å². The number of hydrogen-bond acceptors (Lipinski definition) is 3. The smallest absolute Gasteiger partial charge is 0.246 e. The number of aryl methyl sites for hydroxylation is 1. The van der Waals surface area contributed by atoms with Crippen molar-refractivity contribution in [1.29, 1.82) is 0 Å². The molecule has 1 atom stereocenters. The van der Waals surface area contributed by atoms with Crippen molar-refractivity contribution in [2.45, 2.75) is 30.7 Å². The Morgan fingerprint density at radius 2 is 1.92 bits per heavy atom. The molecule has 3 rings (SSSR count). The van der Waals surface area contributed by atoms with Gasteiger partial charge in [-0.2, -0.15) is 4.31 Å². The highest BCUT2D eigenvalue weighted by Gasteiger charge is 2.37. The number of halogens is 1. The lowest BCUT2D eigenvalue weighted by Gasteiger charge is -2.25. The zero-order valence-corrected chi connectivity index (χ0v) is 15.6. The van der Waals surface area contributed by atoms with Crippen LogP contribution in [0.1, 0.15) is 30.0 Å². The summed E-state index contributed by atoms with van der Waals surface area (Å²) in [7, 11) is 0.0249. The van der Waals surface area contributed by atoms with Crippen molar-refractivity contribution >= 4 is 15.7 Å². The van der Waals surface area contributed by atoms with Gasteiger partial charge in [0.1, 0.15) is 10.7 Å². The van der Waals surface area contributed by atoms with Gasteiger partial charge >= 0.3 is 0 Å². The van der Waals surface area contributed by atoms with E-state index in [0.717, 1.165) is 24.1 Å². The zero-order chi connectivity index (χ0) is 18.2. The molecule has 1 fully saturated rings. The average molecular weight is 362 g/mol. The molecule has 0 N–H and O–H groups in total. The minimum Gasteiger partial charge on any atom is -0.378 e. The first-order chi connectivity index (χ1) is 11.8. The Labute approximate surface area is 148 Å². The maximum Gasteiger partial charge on any atom is 0.246 e. The molecule has 4 nitrogen and oxygen atoms in total. The molecule has 1 aliphatic rings. The highest BCUT2D eigenvalue weighted by Crippen LogP contribution is 2.38. The lowest BCUT2D eigenvalue weighted by Crippen LogP contribution is -2.31. The largest absolute Gasteiger partial charge is 0.378 e. The van der Waals surface area contributed by atoms with Crippen LogP contribution in [0.15, 0.2) is 47.4 Å². The molecule has 0 aromatic heterocycles. The fraction of sp³-hybridized carbons (Fsp3) is 0.368. The summed E-state index contributed by atoms with van der Waals surface area (Å²) in [5, 5.41) is 0. The molecule has 1 saturated heterocycles. The maximum atomic E-state index is 14.3. The molecule has 134 valence electrons. The third kappa shape index (κ3) is 3.41. The van der Waals surface area contributed by atoms with Crippen LogP contribution in [-0.4, -0.2) is 33.4 Å². The van der Waals surface area contributed by atoms with Gasteiger partial charge in [-0.1, -0.05) is 18.2 Å². The lowest BCUT2D eigenvalue weighted by molar-refractivity contribution is 0.393. The van der Waals surface area contributed by atoms with E-state index in [1.54, 1.807) is 13.0 Å². The number of hydrogen-bond donors (Lipinski definition) is 0. The Hall–Kier alpha value is -1.92. The summed E-state index contributed by atoms with van der Waals surface area (Å²) in [4.78, 5) is 1.74. The van der Waals surface area contributed by atoms with Crippen LogP contribution in [0.5, 0.6) is 0 Å². The van der Waals surface area contributed by atoms with E-state index in [2.05, 4.69) is 0 Å². The third-order valence-corrected chi connectivity index (χ3v) is 6.59. The quantitative estimate of drug-likeness (QED) is 0.832. The van der Waals surface area contributed by atoms with Crippen LogP contribution in [-0.2, 0) is 10.0 Å². The van der Waals surface area contributed by atoms with E-state index >= 15 is 0 Å². The standard InChI is InChI=1S/C19H23FN2O2S/c1-14-9-10-19(17(20)12-14)25(23,24)22-11-5-8-18(22)15-6-4-7-16(13-15)21(2)3/h4,6-7,9-10,12-13,18H,5,8,11H2,1-3H3. The van der Waals surface area contributed by atoms with Gasteiger partial charge in [-0.15, -0.1) is 0 Å². The van der Waals surface area contributed by atoms with Gasteiger partial charge in [-0.3, -0.25) is 0 Å². The normalized spacial score (nSPS) is 18.5. The molecule has 6 heteroatoms. The molecule has 25 heavy (non-hydrogen) atoms. The van der Waals surface area contributed by atoms with Gasteiger partial charge in [0.05, 0.1) is 6.04 Å². The SMILES string of the molecule is Cc1ccc(S(=O)(=O)N2CCCC2c2cccc(N(C)C)c2)c(F)c1. The minimum atomic E-state index is -3.87. The van der Waals surface area contributed by atoms with Crippen molar-refractivity contribution in [1.82, 2.24) is 4.31 Å². The van der Waals surface area contributed by atoms with E-state index in [4.69, 9.17) is 0 Å². The van der Waals surface area contributed by atoms with E-state index in [0.29, 0.717) is 12.1 Å².